The quantitative estimate of drug-likeness (QED) is 0.647. The molecule has 0 aliphatic rings. The molecular weight excluding hydrogens is 400 g/mol. The molecule has 0 aromatic heterocycles. The van der Waals surface area contributed by atoms with Gasteiger partial charge < -0.3 is 10.1 Å². The number of anilines is 1. The normalized spacial score (nSPS) is 13.4. The molecule has 2 aromatic rings. The van der Waals surface area contributed by atoms with E-state index < -0.39 is 16.1 Å². The summed E-state index contributed by atoms with van der Waals surface area (Å²) in [5.74, 6) is 0.300. The van der Waals surface area contributed by atoms with E-state index in [9.17, 15) is 13.2 Å². The molecule has 7 heteroatoms. The number of benzene rings is 2. The van der Waals surface area contributed by atoms with Gasteiger partial charge in [0, 0.05) is 0 Å². The van der Waals surface area contributed by atoms with E-state index in [1.807, 2.05) is 39.8 Å². The first kappa shape index (κ1) is 23.7. The summed E-state index contributed by atoms with van der Waals surface area (Å²) in [6.45, 7) is 10.0. The van der Waals surface area contributed by atoms with E-state index in [-0.39, 0.29) is 11.9 Å². The molecule has 30 heavy (non-hydrogen) atoms. The molecule has 0 fully saturated rings. The molecule has 1 N–H and O–H groups in total. The van der Waals surface area contributed by atoms with Crippen LogP contribution in [0, 0.1) is 13.8 Å². The van der Waals surface area contributed by atoms with Crippen LogP contribution in [0.5, 0.6) is 5.75 Å². The average Bonchev–Trinajstić information content (AvgIpc) is 2.67. The molecule has 0 aliphatic carbocycles. The number of hydrogen-bond acceptors (Lipinski definition) is 4. The fraction of sp³-hybridized carbons (Fsp3) is 0.435. The van der Waals surface area contributed by atoms with Gasteiger partial charge in [0.1, 0.15) is 11.8 Å². The summed E-state index contributed by atoms with van der Waals surface area (Å²) < 4.78 is 31.6. The monoisotopic (exact) mass is 432 g/mol. The third kappa shape index (κ3) is 5.75. The van der Waals surface area contributed by atoms with Crippen LogP contribution in [-0.2, 0) is 14.8 Å². The van der Waals surface area contributed by atoms with Crippen LogP contribution in [0.2, 0.25) is 0 Å². The minimum Gasteiger partial charge on any atom is -0.494 e. The van der Waals surface area contributed by atoms with Gasteiger partial charge in [-0.15, -0.1) is 0 Å². The van der Waals surface area contributed by atoms with Crippen LogP contribution in [0.1, 0.15) is 49.9 Å². The molecule has 164 valence electrons. The summed E-state index contributed by atoms with van der Waals surface area (Å²) in [7, 11) is -3.68. The molecule has 0 saturated heterocycles. The maximum Gasteiger partial charge on any atom is 0.244 e. The molecule has 0 heterocycles. The lowest BCUT2D eigenvalue weighted by atomic mass is 9.97. The zero-order valence-corrected chi connectivity index (χ0v) is 19.4. The lowest BCUT2D eigenvalue weighted by Crippen LogP contribution is -2.48. The van der Waals surface area contributed by atoms with Crippen LogP contribution in [0.4, 0.5) is 5.69 Å². The van der Waals surface area contributed by atoms with Crippen LogP contribution >= 0.6 is 0 Å². The highest BCUT2D eigenvalue weighted by Crippen LogP contribution is 2.26. The summed E-state index contributed by atoms with van der Waals surface area (Å²) in [6.07, 6.45) is 1.80. The predicted octanol–water partition coefficient (Wildman–Crippen LogP) is 4.12. The second kappa shape index (κ2) is 9.98. The van der Waals surface area contributed by atoms with Crippen molar-refractivity contribution in [2.24, 2.45) is 0 Å². The van der Waals surface area contributed by atoms with Gasteiger partial charge in [-0.3, -0.25) is 9.10 Å². The molecule has 2 aromatic carbocycles. The van der Waals surface area contributed by atoms with Crippen LogP contribution in [0.25, 0.3) is 0 Å². The third-order valence-corrected chi connectivity index (χ3v) is 6.26. The summed E-state index contributed by atoms with van der Waals surface area (Å²) >= 11 is 0. The summed E-state index contributed by atoms with van der Waals surface area (Å²) in [6, 6.07) is 11.7. The van der Waals surface area contributed by atoms with Gasteiger partial charge in [0.15, 0.2) is 0 Å². The molecule has 2 rings (SSSR count). The smallest absolute Gasteiger partial charge is 0.244 e. The van der Waals surface area contributed by atoms with Crippen molar-refractivity contribution in [3.63, 3.8) is 0 Å². The van der Waals surface area contributed by atoms with E-state index in [0.29, 0.717) is 24.5 Å². The van der Waals surface area contributed by atoms with E-state index in [2.05, 4.69) is 11.4 Å². The number of nitrogens with zero attached hydrogens (tertiary/aromatic N) is 1. The van der Waals surface area contributed by atoms with Crippen LogP contribution in [0.15, 0.2) is 42.5 Å². The maximum atomic E-state index is 13.1. The maximum absolute atomic E-state index is 13.1. The molecule has 0 spiro atoms. The molecule has 1 amide bonds. The SMILES string of the molecule is CCOc1ccc(N(C(C)C(=O)NC(CC)c2ccc(C)cc2C)S(C)(=O)=O)cc1. The Hall–Kier alpha value is -2.54. The van der Waals surface area contributed by atoms with Gasteiger partial charge in [0.05, 0.1) is 24.6 Å². The minimum atomic E-state index is -3.68. The van der Waals surface area contributed by atoms with Gasteiger partial charge in [0.25, 0.3) is 0 Å². The molecule has 0 saturated carbocycles. The molecule has 2 atom stereocenters. The summed E-state index contributed by atoms with van der Waals surface area (Å²) in [5.41, 5.74) is 3.71. The van der Waals surface area contributed by atoms with Gasteiger partial charge in [-0.1, -0.05) is 30.7 Å². The Labute approximate surface area is 180 Å². The number of carbonyl (C=O) groups is 1. The summed E-state index contributed by atoms with van der Waals surface area (Å²) in [5, 5.41) is 3.03. The van der Waals surface area contributed by atoms with Gasteiger partial charge in [-0.2, -0.15) is 0 Å². The van der Waals surface area contributed by atoms with Gasteiger partial charge in [-0.25, -0.2) is 8.42 Å². The number of sulfonamides is 1. The molecular formula is C23H32N2O4S. The first-order valence-corrected chi connectivity index (χ1v) is 12.0. The second-order valence-corrected chi connectivity index (χ2v) is 9.35. The lowest BCUT2D eigenvalue weighted by Gasteiger charge is -2.30. The van der Waals surface area contributed by atoms with Crippen molar-refractivity contribution in [1.29, 1.82) is 0 Å². The van der Waals surface area contributed by atoms with Crippen molar-refractivity contribution >= 4 is 21.6 Å². The van der Waals surface area contributed by atoms with Crippen LogP contribution in [-0.4, -0.2) is 33.2 Å². The number of aryl methyl sites for hydroxylation is 2. The van der Waals surface area contributed by atoms with Crippen LogP contribution in [0.3, 0.4) is 0 Å². The van der Waals surface area contributed by atoms with Crippen molar-refractivity contribution < 1.29 is 17.9 Å². The van der Waals surface area contributed by atoms with Crippen molar-refractivity contribution in [2.45, 2.75) is 53.1 Å². The zero-order chi connectivity index (χ0) is 22.5. The fourth-order valence-corrected chi connectivity index (χ4v) is 4.75. The van der Waals surface area contributed by atoms with Crippen molar-refractivity contribution in [2.75, 3.05) is 17.2 Å². The molecule has 2 unspecified atom stereocenters. The van der Waals surface area contributed by atoms with Crippen molar-refractivity contribution in [3.8, 4) is 5.75 Å². The fourth-order valence-electron chi connectivity index (χ4n) is 3.57. The highest BCUT2D eigenvalue weighted by molar-refractivity contribution is 7.92. The Balaban J connectivity index is 2.28. The van der Waals surface area contributed by atoms with Crippen molar-refractivity contribution in [1.82, 2.24) is 5.32 Å². The largest absolute Gasteiger partial charge is 0.494 e. The number of rotatable bonds is 9. The number of ether oxygens (including phenoxy) is 1. The van der Waals surface area contributed by atoms with Gasteiger partial charge in [-0.05, 0) is 69.5 Å². The van der Waals surface area contributed by atoms with E-state index in [1.165, 1.54) is 0 Å². The Kier molecular flexibility index (Phi) is 7.89. The minimum absolute atomic E-state index is 0.192. The van der Waals surface area contributed by atoms with E-state index in [1.54, 1.807) is 31.2 Å². The Morgan fingerprint density at radius 2 is 1.73 bits per heavy atom. The van der Waals surface area contributed by atoms with Crippen molar-refractivity contribution in [3.05, 3.63) is 59.2 Å². The molecule has 6 nitrogen and oxygen atoms in total. The first-order valence-electron chi connectivity index (χ1n) is 10.2. The van der Waals surface area contributed by atoms with Gasteiger partial charge >= 0.3 is 0 Å². The Morgan fingerprint density at radius 1 is 1.10 bits per heavy atom. The number of amides is 1. The van der Waals surface area contributed by atoms with E-state index in [4.69, 9.17) is 4.74 Å². The highest BCUT2D eigenvalue weighted by Gasteiger charge is 2.30. The Bertz CT molecular complexity index is 971. The number of nitrogens with one attached hydrogen (secondary N) is 1. The first-order chi connectivity index (χ1) is 14.1. The molecule has 0 bridgehead atoms. The number of hydrogen-bond donors (Lipinski definition) is 1. The zero-order valence-electron chi connectivity index (χ0n) is 18.6. The predicted molar refractivity (Wildman–Crippen MR) is 121 cm³/mol. The van der Waals surface area contributed by atoms with E-state index >= 15 is 0 Å². The standard InChI is InChI=1S/C23H32N2O4S/c1-7-22(21-14-9-16(3)15-17(21)4)24-23(26)18(5)25(30(6,27)28)19-10-12-20(13-11-19)29-8-2/h9-15,18,22H,7-8H2,1-6H3,(H,24,26). The lowest BCUT2D eigenvalue weighted by molar-refractivity contribution is -0.122. The topological polar surface area (TPSA) is 75.7 Å². The third-order valence-electron chi connectivity index (χ3n) is 5.02. The molecule has 0 radical (unpaired) electrons. The average molecular weight is 433 g/mol. The highest BCUT2D eigenvalue weighted by atomic mass is 32.2. The Morgan fingerprint density at radius 3 is 2.23 bits per heavy atom. The molecule has 0 aliphatic heterocycles. The van der Waals surface area contributed by atoms with Gasteiger partial charge in [0.2, 0.25) is 15.9 Å². The number of carbonyl (C=O) groups excluding carboxylic acids is 1. The summed E-state index contributed by atoms with van der Waals surface area (Å²) in [4.78, 5) is 13.1. The second-order valence-electron chi connectivity index (χ2n) is 7.49. The van der Waals surface area contributed by atoms with Crippen LogP contribution < -0.4 is 14.4 Å². The van der Waals surface area contributed by atoms with E-state index in [0.717, 1.165) is 27.3 Å².